The Kier molecular flexibility index (Phi) is 7.80. The SMILES string of the molecule is CCCC(C)Sc1cc(OC)c(CCNO)cc1OC. The molecule has 0 spiro atoms. The number of thioether (sulfide) groups is 1. The Bertz CT molecular complexity index is 412. The lowest BCUT2D eigenvalue weighted by Gasteiger charge is -2.17. The number of rotatable bonds is 9. The molecule has 0 aromatic heterocycles. The molecule has 0 aliphatic rings. The van der Waals surface area contributed by atoms with Gasteiger partial charge in [-0.25, -0.2) is 5.48 Å². The minimum Gasteiger partial charge on any atom is -0.496 e. The molecule has 1 aromatic carbocycles. The summed E-state index contributed by atoms with van der Waals surface area (Å²) in [6.45, 7) is 4.90. The van der Waals surface area contributed by atoms with Crippen LogP contribution in [0.4, 0.5) is 0 Å². The second-order valence-corrected chi connectivity index (χ2v) is 6.17. The standard InChI is InChI=1S/C15H25NO3S/c1-5-6-11(2)20-15-10-13(18-3)12(7-8-16-17)9-14(15)19-4/h9-11,16-17H,5-8H2,1-4H3. The first-order valence-corrected chi connectivity index (χ1v) is 7.82. The summed E-state index contributed by atoms with van der Waals surface area (Å²) in [6.07, 6.45) is 3.03. The fraction of sp³-hybridized carbons (Fsp3) is 0.600. The van der Waals surface area contributed by atoms with Crippen molar-refractivity contribution < 1.29 is 14.7 Å². The third-order valence-corrected chi connectivity index (χ3v) is 4.31. The average Bonchev–Trinajstić information content (AvgIpc) is 2.45. The Morgan fingerprint density at radius 2 is 1.95 bits per heavy atom. The number of hydroxylamine groups is 1. The molecule has 1 unspecified atom stereocenters. The Labute approximate surface area is 125 Å². The van der Waals surface area contributed by atoms with Crippen molar-refractivity contribution in [1.82, 2.24) is 5.48 Å². The topological polar surface area (TPSA) is 50.7 Å². The van der Waals surface area contributed by atoms with Crippen LogP contribution in [0.2, 0.25) is 0 Å². The molecule has 0 bridgehead atoms. The predicted octanol–water partition coefficient (Wildman–Crippen LogP) is 3.51. The van der Waals surface area contributed by atoms with E-state index < -0.39 is 0 Å². The van der Waals surface area contributed by atoms with Crippen LogP contribution in [-0.2, 0) is 6.42 Å². The normalized spacial score (nSPS) is 12.2. The van der Waals surface area contributed by atoms with E-state index in [4.69, 9.17) is 14.7 Å². The van der Waals surface area contributed by atoms with Crippen LogP contribution in [0, 0.1) is 0 Å². The Hall–Kier alpha value is -0.910. The Morgan fingerprint density at radius 3 is 2.50 bits per heavy atom. The first kappa shape index (κ1) is 17.1. The molecule has 4 nitrogen and oxygen atoms in total. The van der Waals surface area contributed by atoms with E-state index in [1.807, 2.05) is 23.9 Å². The highest BCUT2D eigenvalue weighted by Gasteiger charge is 2.14. The van der Waals surface area contributed by atoms with Crippen LogP contribution in [0.5, 0.6) is 11.5 Å². The van der Waals surface area contributed by atoms with E-state index in [1.54, 1.807) is 14.2 Å². The molecule has 0 saturated heterocycles. The van der Waals surface area contributed by atoms with Gasteiger partial charge < -0.3 is 14.7 Å². The van der Waals surface area contributed by atoms with Gasteiger partial charge in [-0.15, -0.1) is 11.8 Å². The summed E-state index contributed by atoms with van der Waals surface area (Å²) in [5.74, 6) is 1.71. The highest BCUT2D eigenvalue weighted by Crippen LogP contribution is 2.38. The Morgan fingerprint density at radius 1 is 1.25 bits per heavy atom. The maximum atomic E-state index is 8.72. The fourth-order valence-corrected chi connectivity index (χ4v) is 3.31. The molecule has 0 heterocycles. The van der Waals surface area contributed by atoms with E-state index >= 15 is 0 Å². The molecule has 20 heavy (non-hydrogen) atoms. The maximum Gasteiger partial charge on any atom is 0.132 e. The predicted molar refractivity (Wildman–Crippen MR) is 83.3 cm³/mol. The van der Waals surface area contributed by atoms with E-state index in [2.05, 4.69) is 19.3 Å². The highest BCUT2D eigenvalue weighted by molar-refractivity contribution is 8.00. The van der Waals surface area contributed by atoms with E-state index in [0.29, 0.717) is 18.2 Å². The lowest BCUT2D eigenvalue weighted by molar-refractivity contribution is 0.168. The van der Waals surface area contributed by atoms with Crippen molar-refractivity contribution in [3.8, 4) is 11.5 Å². The number of hydrogen-bond donors (Lipinski definition) is 2. The average molecular weight is 299 g/mol. The summed E-state index contributed by atoms with van der Waals surface area (Å²) in [5, 5.41) is 9.27. The number of ether oxygens (including phenoxy) is 2. The summed E-state index contributed by atoms with van der Waals surface area (Å²) >= 11 is 1.81. The van der Waals surface area contributed by atoms with Crippen LogP contribution in [0.25, 0.3) is 0 Å². The second kappa shape index (κ2) is 9.10. The number of benzene rings is 1. The molecule has 0 radical (unpaired) electrons. The van der Waals surface area contributed by atoms with Crippen LogP contribution in [0.3, 0.4) is 0 Å². The first-order valence-electron chi connectivity index (χ1n) is 6.94. The molecule has 1 atom stereocenters. The quantitative estimate of drug-likeness (QED) is 0.540. The molecular formula is C15H25NO3S. The van der Waals surface area contributed by atoms with Gasteiger partial charge in [-0.05, 0) is 30.5 Å². The zero-order valence-corrected chi connectivity index (χ0v) is 13.5. The third kappa shape index (κ3) is 4.89. The van der Waals surface area contributed by atoms with Gasteiger partial charge in [0.15, 0.2) is 0 Å². The van der Waals surface area contributed by atoms with Crippen molar-refractivity contribution in [1.29, 1.82) is 0 Å². The van der Waals surface area contributed by atoms with Crippen molar-refractivity contribution in [2.75, 3.05) is 20.8 Å². The molecule has 1 rings (SSSR count). The minimum atomic E-state index is 0.484. The molecule has 5 heteroatoms. The summed E-state index contributed by atoms with van der Waals surface area (Å²) in [4.78, 5) is 1.10. The van der Waals surface area contributed by atoms with Crippen LogP contribution in [-0.4, -0.2) is 31.2 Å². The van der Waals surface area contributed by atoms with Crippen LogP contribution in [0.15, 0.2) is 17.0 Å². The monoisotopic (exact) mass is 299 g/mol. The number of methoxy groups -OCH3 is 2. The smallest absolute Gasteiger partial charge is 0.132 e. The molecule has 0 fully saturated rings. The zero-order valence-electron chi connectivity index (χ0n) is 12.7. The summed E-state index contributed by atoms with van der Waals surface area (Å²) in [7, 11) is 3.35. The van der Waals surface area contributed by atoms with Crippen LogP contribution >= 0.6 is 11.8 Å². The molecule has 0 amide bonds. The lowest BCUT2D eigenvalue weighted by Crippen LogP contribution is -2.12. The minimum absolute atomic E-state index is 0.484. The van der Waals surface area contributed by atoms with E-state index in [0.717, 1.165) is 22.0 Å². The van der Waals surface area contributed by atoms with Gasteiger partial charge >= 0.3 is 0 Å². The van der Waals surface area contributed by atoms with Gasteiger partial charge in [0.25, 0.3) is 0 Å². The van der Waals surface area contributed by atoms with Gasteiger partial charge in [0.1, 0.15) is 11.5 Å². The first-order chi connectivity index (χ1) is 9.65. The van der Waals surface area contributed by atoms with Gasteiger partial charge in [-0.2, -0.15) is 0 Å². The molecule has 1 aromatic rings. The molecule has 2 N–H and O–H groups in total. The van der Waals surface area contributed by atoms with E-state index in [9.17, 15) is 0 Å². The number of nitrogens with one attached hydrogen (secondary N) is 1. The maximum absolute atomic E-state index is 8.72. The lowest BCUT2D eigenvalue weighted by atomic mass is 10.1. The van der Waals surface area contributed by atoms with Crippen molar-refractivity contribution >= 4 is 11.8 Å². The van der Waals surface area contributed by atoms with Gasteiger partial charge in [-0.1, -0.05) is 20.3 Å². The third-order valence-electron chi connectivity index (χ3n) is 3.10. The van der Waals surface area contributed by atoms with Crippen LogP contribution in [0.1, 0.15) is 32.3 Å². The summed E-state index contributed by atoms with van der Waals surface area (Å²) in [6, 6.07) is 4.03. The molecule has 0 saturated carbocycles. The van der Waals surface area contributed by atoms with Gasteiger partial charge in [0.05, 0.1) is 19.1 Å². The molecule has 0 aliphatic carbocycles. The van der Waals surface area contributed by atoms with Gasteiger partial charge in [0, 0.05) is 11.8 Å². The van der Waals surface area contributed by atoms with E-state index in [1.165, 1.54) is 12.8 Å². The fourth-order valence-electron chi connectivity index (χ4n) is 2.09. The van der Waals surface area contributed by atoms with Gasteiger partial charge in [-0.3, -0.25) is 0 Å². The molecule has 114 valence electrons. The Balaban J connectivity index is 2.99. The zero-order chi connectivity index (χ0) is 15.0. The van der Waals surface area contributed by atoms with Gasteiger partial charge in [0.2, 0.25) is 0 Å². The van der Waals surface area contributed by atoms with E-state index in [-0.39, 0.29) is 0 Å². The second-order valence-electron chi connectivity index (χ2n) is 4.69. The van der Waals surface area contributed by atoms with Crippen molar-refractivity contribution in [2.45, 2.75) is 43.3 Å². The summed E-state index contributed by atoms with van der Waals surface area (Å²) < 4.78 is 10.9. The number of hydrogen-bond acceptors (Lipinski definition) is 5. The van der Waals surface area contributed by atoms with Crippen molar-refractivity contribution in [3.63, 3.8) is 0 Å². The summed E-state index contributed by atoms with van der Waals surface area (Å²) in [5.41, 5.74) is 3.19. The molecular weight excluding hydrogens is 274 g/mol. The molecule has 0 aliphatic heterocycles. The largest absolute Gasteiger partial charge is 0.496 e. The van der Waals surface area contributed by atoms with Crippen LogP contribution < -0.4 is 15.0 Å². The van der Waals surface area contributed by atoms with Crippen molar-refractivity contribution in [2.24, 2.45) is 0 Å². The van der Waals surface area contributed by atoms with Crippen molar-refractivity contribution in [3.05, 3.63) is 17.7 Å². The highest BCUT2D eigenvalue weighted by atomic mass is 32.2.